The Hall–Kier alpha value is -0.740. The number of hydrogen-bond acceptors (Lipinski definition) is 2. The molecule has 0 radical (unpaired) electrons. The first-order valence-electron chi connectivity index (χ1n) is 4.01. The third-order valence-corrected chi connectivity index (χ3v) is 2.68. The molecule has 70 valence electrons. The van der Waals surface area contributed by atoms with Crippen molar-refractivity contribution in [2.75, 3.05) is 0 Å². The Morgan fingerprint density at radius 3 is 2.36 bits per heavy atom. The molecule has 0 saturated carbocycles. The summed E-state index contributed by atoms with van der Waals surface area (Å²) in [5.74, 6) is 0. The van der Waals surface area contributed by atoms with Crippen molar-refractivity contribution in [3.8, 4) is 11.3 Å². The minimum atomic E-state index is 0.726. The second-order valence-electron chi connectivity index (χ2n) is 2.70. The molecular formula is C10H6Br2N2. The minimum absolute atomic E-state index is 0.726. The predicted octanol–water partition coefficient (Wildman–Crippen LogP) is 3.67. The molecular weight excluding hydrogens is 308 g/mol. The molecule has 0 fully saturated rings. The third kappa shape index (κ3) is 2.01. The molecule has 0 aliphatic rings. The largest absolute Gasteiger partial charge is 0.251 e. The van der Waals surface area contributed by atoms with Crippen molar-refractivity contribution in [2.24, 2.45) is 0 Å². The van der Waals surface area contributed by atoms with Crippen molar-refractivity contribution < 1.29 is 0 Å². The highest BCUT2D eigenvalue weighted by Gasteiger charge is 2.05. The van der Waals surface area contributed by atoms with Crippen LogP contribution in [0.25, 0.3) is 11.3 Å². The van der Waals surface area contributed by atoms with Crippen molar-refractivity contribution in [1.29, 1.82) is 0 Å². The van der Waals surface area contributed by atoms with Gasteiger partial charge in [-0.15, -0.1) is 0 Å². The van der Waals surface area contributed by atoms with E-state index in [2.05, 4.69) is 41.8 Å². The van der Waals surface area contributed by atoms with Crippen LogP contribution in [0.3, 0.4) is 0 Å². The Kier molecular flexibility index (Phi) is 2.93. The smallest absolute Gasteiger partial charge is 0.133 e. The number of benzene rings is 1. The lowest BCUT2D eigenvalue weighted by atomic mass is 10.2. The molecule has 2 nitrogen and oxygen atoms in total. The van der Waals surface area contributed by atoms with Gasteiger partial charge in [0.1, 0.15) is 14.9 Å². The van der Waals surface area contributed by atoms with E-state index in [-0.39, 0.29) is 0 Å². The van der Waals surface area contributed by atoms with E-state index in [0.29, 0.717) is 0 Å². The van der Waals surface area contributed by atoms with Crippen LogP contribution < -0.4 is 0 Å². The number of halogens is 2. The fourth-order valence-corrected chi connectivity index (χ4v) is 2.18. The fraction of sp³-hybridized carbons (Fsp3) is 0. The number of nitrogens with zero attached hydrogens (tertiary/aromatic N) is 2. The van der Waals surface area contributed by atoms with Crippen LogP contribution in [0, 0.1) is 0 Å². The quantitative estimate of drug-likeness (QED) is 0.803. The molecule has 1 heterocycles. The Bertz CT molecular complexity index is 443. The van der Waals surface area contributed by atoms with E-state index in [4.69, 9.17) is 0 Å². The molecule has 1 aromatic heterocycles. The molecule has 0 bridgehead atoms. The summed E-state index contributed by atoms with van der Waals surface area (Å²) in [5.41, 5.74) is 1.91. The maximum atomic E-state index is 4.29. The molecule has 0 aliphatic carbocycles. The minimum Gasteiger partial charge on any atom is -0.251 e. The van der Waals surface area contributed by atoms with Crippen molar-refractivity contribution in [3.63, 3.8) is 0 Å². The summed E-state index contributed by atoms with van der Waals surface area (Å²) in [6.07, 6.45) is 1.69. The van der Waals surface area contributed by atoms with Crippen LogP contribution in [0.1, 0.15) is 0 Å². The SMILES string of the molecule is Brc1cnc(-c2ccccc2)c(Br)n1. The van der Waals surface area contributed by atoms with E-state index in [1.165, 1.54) is 0 Å². The Labute approximate surface area is 98.7 Å². The third-order valence-electron chi connectivity index (χ3n) is 1.75. The van der Waals surface area contributed by atoms with Crippen LogP contribution in [0.15, 0.2) is 45.7 Å². The predicted molar refractivity (Wildman–Crippen MR) is 62.9 cm³/mol. The van der Waals surface area contributed by atoms with E-state index in [1.807, 2.05) is 30.3 Å². The molecule has 0 spiro atoms. The van der Waals surface area contributed by atoms with Gasteiger partial charge in [0, 0.05) is 5.56 Å². The van der Waals surface area contributed by atoms with Gasteiger partial charge in [0.2, 0.25) is 0 Å². The van der Waals surface area contributed by atoms with Crippen LogP contribution >= 0.6 is 31.9 Å². The maximum Gasteiger partial charge on any atom is 0.133 e. The molecule has 14 heavy (non-hydrogen) atoms. The van der Waals surface area contributed by atoms with Crippen molar-refractivity contribution in [1.82, 2.24) is 9.97 Å². The lowest BCUT2D eigenvalue weighted by molar-refractivity contribution is 1.14. The average molecular weight is 314 g/mol. The van der Waals surface area contributed by atoms with Crippen molar-refractivity contribution in [2.45, 2.75) is 0 Å². The number of rotatable bonds is 1. The summed E-state index contributed by atoms with van der Waals surface area (Å²) in [6, 6.07) is 9.94. The summed E-state index contributed by atoms with van der Waals surface area (Å²) in [6.45, 7) is 0. The van der Waals surface area contributed by atoms with Gasteiger partial charge in [0.15, 0.2) is 0 Å². The molecule has 2 aromatic rings. The van der Waals surface area contributed by atoms with Gasteiger partial charge in [0.25, 0.3) is 0 Å². The first kappa shape index (κ1) is 9.80. The van der Waals surface area contributed by atoms with E-state index >= 15 is 0 Å². The molecule has 1 aromatic carbocycles. The molecule has 0 saturated heterocycles. The number of aromatic nitrogens is 2. The molecule has 0 aliphatic heterocycles. The lowest BCUT2D eigenvalue weighted by Gasteiger charge is -2.02. The highest BCUT2D eigenvalue weighted by molar-refractivity contribution is 9.11. The van der Waals surface area contributed by atoms with Crippen LogP contribution in [0.4, 0.5) is 0 Å². The fourth-order valence-electron chi connectivity index (χ4n) is 1.14. The highest BCUT2D eigenvalue weighted by atomic mass is 79.9. The Morgan fingerprint density at radius 1 is 1.00 bits per heavy atom. The number of hydrogen-bond donors (Lipinski definition) is 0. The van der Waals surface area contributed by atoms with Gasteiger partial charge in [-0.3, -0.25) is 4.98 Å². The second-order valence-corrected chi connectivity index (χ2v) is 4.26. The standard InChI is InChI=1S/C10H6Br2N2/c11-8-6-13-9(10(12)14-8)7-4-2-1-3-5-7/h1-6H. The van der Waals surface area contributed by atoms with Crippen LogP contribution in [-0.2, 0) is 0 Å². The molecule has 2 rings (SSSR count). The topological polar surface area (TPSA) is 25.8 Å². The molecule has 4 heteroatoms. The monoisotopic (exact) mass is 312 g/mol. The van der Waals surface area contributed by atoms with Gasteiger partial charge in [-0.25, -0.2) is 4.98 Å². The maximum absolute atomic E-state index is 4.29. The zero-order valence-electron chi connectivity index (χ0n) is 7.11. The Balaban J connectivity index is 2.53. The van der Waals surface area contributed by atoms with Crippen molar-refractivity contribution >= 4 is 31.9 Å². The Morgan fingerprint density at radius 2 is 1.71 bits per heavy atom. The van der Waals surface area contributed by atoms with Gasteiger partial charge >= 0.3 is 0 Å². The van der Waals surface area contributed by atoms with E-state index in [1.54, 1.807) is 6.20 Å². The zero-order valence-corrected chi connectivity index (χ0v) is 10.3. The van der Waals surface area contributed by atoms with E-state index < -0.39 is 0 Å². The normalized spacial score (nSPS) is 10.1. The first-order valence-corrected chi connectivity index (χ1v) is 5.59. The molecule has 0 amide bonds. The molecule has 0 N–H and O–H groups in total. The summed E-state index contributed by atoms with van der Waals surface area (Å²) in [7, 11) is 0. The average Bonchev–Trinajstić information content (AvgIpc) is 2.19. The summed E-state index contributed by atoms with van der Waals surface area (Å²) in [5, 5.41) is 0. The van der Waals surface area contributed by atoms with Gasteiger partial charge in [-0.2, -0.15) is 0 Å². The second kappa shape index (κ2) is 4.19. The first-order chi connectivity index (χ1) is 6.77. The van der Waals surface area contributed by atoms with E-state index in [9.17, 15) is 0 Å². The van der Waals surface area contributed by atoms with Crippen LogP contribution in [-0.4, -0.2) is 9.97 Å². The lowest BCUT2D eigenvalue weighted by Crippen LogP contribution is -1.88. The van der Waals surface area contributed by atoms with Crippen molar-refractivity contribution in [3.05, 3.63) is 45.7 Å². The summed E-state index contributed by atoms with van der Waals surface area (Å²) < 4.78 is 1.47. The summed E-state index contributed by atoms with van der Waals surface area (Å²) >= 11 is 6.65. The highest BCUT2D eigenvalue weighted by Crippen LogP contribution is 2.24. The zero-order chi connectivity index (χ0) is 9.97. The molecule has 0 atom stereocenters. The van der Waals surface area contributed by atoms with Gasteiger partial charge in [-0.1, -0.05) is 30.3 Å². The van der Waals surface area contributed by atoms with Gasteiger partial charge in [-0.05, 0) is 31.9 Å². The van der Waals surface area contributed by atoms with Gasteiger partial charge < -0.3 is 0 Å². The van der Waals surface area contributed by atoms with Crippen LogP contribution in [0.5, 0.6) is 0 Å². The molecule has 0 unspecified atom stereocenters. The van der Waals surface area contributed by atoms with E-state index in [0.717, 1.165) is 20.5 Å². The van der Waals surface area contributed by atoms with Crippen LogP contribution in [0.2, 0.25) is 0 Å². The van der Waals surface area contributed by atoms with Gasteiger partial charge in [0.05, 0.1) is 6.20 Å². The summed E-state index contributed by atoms with van der Waals surface area (Å²) in [4.78, 5) is 8.51.